The number of carbonyl (C=O) groups excluding carboxylic acids is 1. The Labute approximate surface area is 170 Å². The minimum absolute atomic E-state index is 0.0159. The number of sulfonamides is 1. The number of benzene rings is 1. The molecule has 29 heavy (non-hydrogen) atoms. The van der Waals surface area contributed by atoms with Crippen LogP contribution in [0.15, 0.2) is 29.2 Å². The first-order chi connectivity index (χ1) is 13.9. The fraction of sp³-hybridized carbons (Fsp3) is 0.526. The molecule has 1 aliphatic heterocycles. The van der Waals surface area contributed by atoms with E-state index >= 15 is 0 Å². The highest BCUT2D eigenvalue weighted by molar-refractivity contribution is 7.89. The number of nitriles is 2. The first kappa shape index (κ1) is 22.8. The van der Waals surface area contributed by atoms with E-state index in [-0.39, 0.29) is 36.2 Å². The van der Waals surface area contributed by atoms with Crippen LogP contribution in [0.3, 0.4) is 0 Å². The van der Waals surface area contributed by atoms with Crippen molar-refractivity contribution in [3.05, 3.63) is 30.1 Å². The minimum Gasteiger partial charge on any atom is -0.340 e. The van der Waals surface area contributed by atoms with Gasteiger partial charge in [-0.2, -0.15) is 10.5 Å². The van der Waals surface area contributed by atoms with Gasteiger partial charge in [-0.05, 0) is 37.1 Å². The average molecular weight is 421 g/mol. The van der Waals surface area contributed by atoms with Gasteiger partial charge in [0, 0.05) is 32.2 Å². The lowest BCUT2D eigenvalue weighted by molar-refractivity contribution is -0.132. The minimum atomic E-state index is -3.72. The molecule has 10 heteroatoms. The number of halogens is 1. The van der Waals surface area contributed by atoms with Crippen molar-refractivity contribution < 1.29 is 17.6 Å². The predicted molar refractivity (Wildman–Crippen MR) is 103 cm³/mol. The lowest BCUT2D eigenvalue weighted by Gasteiger charge is -2.33. The van der Waals surface area contributed by atoms with Crippen molar-refractivity contribution in [2.45, 2.75) is 36.6 Å². The maximum Gasteiger partial charge on any atom is 0.240 e. The van der Waals surface area contributed by atoms with E-state index in [4.69, 9.17) is 10.5 Å². The summed E-state index contributed by atoms with van der Waals surface area (Å²) in [5, 5.41) is 17.4. The number of amides is 1. The van der Waals surface area contributed by atoms with E-state index in [9.17, 15) is 17.6 Å². The Morgan fingerprint density at radius 2 is 1.69 bits per heavy atom. The molecule has 0 saturated carbocycles. The zero-order chi connectivity index (χ0) is 21.3. The molecule has 2 rings (SSSR count). The summed E-state index contributed by atoms with van der Waals surface area (Å²) >= 11 is 0. The molecule has 8 nitrogen and oxygen atoms in total. The quantitative estimate of drug-likeness (QED) is 0.641. The second-order valence-electron chi connectivity index (χ2n) is 6.82. The lowest BCUT2D eigenvalue weighted by atomic mass is 10.1. The predicted octanol–water partition coefficient (Wildman–Crippen LogP) is 1.22. The van der Waals surface area contributed by atoms with Gasteiger partial charge < -0.3 is 4.90 Å². The second kappa shape index (κ2) is 10.9. The SMILES string of the molecule is N#CCCN(CCC#N)C(=O)CN1CCC(NS(=O)(=O)c2ccc(F)cc2)CC1. The fourth-order valence-electron chi connectivity index (χ4n) is 3.13. The maximum atomic E-state index is 13.0. The molecule has 1 amide bonds. The van der Waals surface area contributed by atoms with Gasteiger partial charge >= 0.3 is 0 Å². The lowest BCUT2D eigenvalue weighted by Crippen LogP contribution is -2.48. The van der Waals surface area contributed by atoms with Crippen LogP contribution in [0.2, 0.25) is 0 Å². The zero-order valence-corrected chi connectivity index (χ0v) is 16.9. The van der Waals surface area contributed by atoms with Crippen molar-refractivity contribution in [3.63, 3.8) is 0 Å². The van der Waals surface area contributed by atoms with Gasteiger partial charge in [0.05, 0.1) is 36.4 Å². The van der Waals surface area contributed by atoms with Crippen LogP contribution in [0, 0.1) is 28.5 Å². The zero-order valence-electron chi connectivity index (χ0n) is 16.1. The van der Waals surface area contributed by atoms with E-state index < -0.39 is 15.8 Å². The second-order valence-corrected chi connectivity index (χ2v) is 8.54. The first-order valence-electron chi connectivity index (χ1n) is 9.37. The topological polar surface area (TPSA) is 117 Å². The fourth-order valence-corrected chi connectivity index (χ4v) is 4.44. The van der Waals surface area contributed by atoms with E-state index in [0.29, 0.717) is 39.0 Å². The van der Waals surface area contributed by atoms with E-state index in [1.54, 1.807) is 0 Å². The summed E-state index contributed by atoms with van der Waals surface area (Å²) in [6, 6.07) is 8.40. The molecule has 1 aromatic carbocycles. The van der Waals surface area contributed by atoms with Crippen molar-refractivity contribution in [2.24, 2.45) is 0 Å². The van der Waals surface area contributed by atoms with Crippen LogP contribution in [0.1, 0.15) is 25.7 Å². The van der Waals surface area contributed by atoms with Crippen LogP contribution in [0.4, 0.5) is 4.39 Å². The van der Waals surface area contributed by atoms with E-state index in [0.717, 1.165) is 12.1 Å². The molecule has 0 aliphatic carbocycles. The van der Waals surface area contributed by atoms with E-state index in [2.05, 4.69) is 4.72 Å². The van der Waals surface area contributed by atoms with Gasteiger partial charge in [-0.25, -0.2) is 17.5 Å². The molecule has 1 fully saturated rings. The smallest absolute Gasteiger partial charge is 0.240 e. The molecular formula is C19H24FN5O3S. The summed E-state index contributed by atoms with van der Waals surface area (Å²) in [5.41, 5.74) is 0. The third kappa shape index (κ3) is 7.09. The summed E-state index contributed by atoms with van der Waals surface area (Å²) in [5.74, 6) is -0.638. The molecular weight excluding hydrogens is 397 g/mol. The molecule has 0 spiro atoms. The van der Waals surface area contributed by atoms with Crippen LogP contribution in [-0.4, -0.2) is 62.9 Å². The highest BCUT2D eigenvalue weighted by Gasteiger charge is 2.26. The summed E-state index contributed by atoms with van der Waals surface area (Å²) in [6.07, 6.45) is 1.52. The van der Waals surface area contributed by atoms with Gasteiger partial charge in [-0.1, -0.05) is 0 Å². The number of carbonyl (C=O) groups is 1. The molecule has 0 radical (unpaired) electrons. The largest absolute Gasteiger partial charge is 0.340 e. The van der Waals surface area contributed by atoms with Crippen molar-refractivity contribution in [3.8, 4) is 12.1 Å². The number of hydrogen-bond acceptors (Lipinski definition) is 6. The summed E-state index contributed by atoms with van der Waals surface area (Å²) in [7, 11) is -3.72. The Hall–Kier alpha value is -2.53. The van der Waals surface area contributed by atoms with Crippen LogP contribution in [0.25, 0.3) is 0 Å². The Morgan fingerprint density at radius 1 is 1.14 bits per heavy atom. The Balaban J connectivity index is 1.85. The van der Waals surface area contributed by atoms with Gasteiger partial charge in [0.25, 0.3) is 0 Å². The van der Waals surface area contributed by atoms with Crippen molar-refractivity contribution in [1.29, 1.82) is 10.5 Å². The molecule has 1 aliphatic rings. The number of likely N-dealkylation sites (tertiary alicyclic amines) is 1. The van der Waals surface area contributed by atoms with E-state index in [1.165, 1.54) is 17.0 Å². The van der Waals surface area contributed by atoms with Crippen molar-refractivity contribution in [1.82, 2.24) is 14.5 Å². The van der Waals surface area contributed by atoms with Crippen molar-refractivity contribution in [2.75, 3.05) is 32.7 Å². The normalized spacial score (nSPS) is 15.4. The van der Waals surface area contributed by atoms with Crippen LogP contribution >= 0.6 is 0 Å². The third-order valence-electron chi connectivity index (χ3n) is 4.73. The summed E-state index contributed by atoms with van der Waals surface area (Å²) in [4.78, 5) is 16.0. The molecule has 0 unspecified atom stereocenters. The van der Waals surface area contributed by atoms with Gasteiger partial charge in [-0.3, -0.25) is 9.69 Å². The van der Waals surface area contributed by atoms with E-state index in [1.807, 2.05) is 17.0 Å². The molecule has 1 N–H and O–H groups in total. The standard InChI is InChI=1S/C19H24FN5O3S/c20-16-3-5-18(6-4-16)29(27,28)23-17-7-13-24(14-8-17)15-19(26)25(11-1-9-21)12-2-10-22/h3-6,17,23H,1-2,7-8,11-15H2. The molecule has 0 atom stereocenters. The van der Waals surface area contributed by atoms with Gasteiger partial charge in [0.1, 0.15) is 5.82 Å². The maximum absolute atomic E-state index is 13.0. The Kier molecular flexibility index (Phi) is 8.52. The number of nitrogens with one attached hydrogen (secondary N) is 1. The number of rotatable bonds is 9. The van der Waals surface area contributed by atoms with Crippen LogP contribution in [-0.2, 0) is 14.8 Å². The molecule has 0 bridgehead atoms. The number of nitrogens with zero attached hydrogens (tertiary/aromatic N) is 4. The molecule has 1 saturated heterocycles. The molecule has 1 aromatic rings. The monoisotopic (exact) mass is 421 g/mol. The van der Waals surface area contributed by atoms with Crippen LogP contribution < -0.4 is 4.72 Å². The van der Waals surface area contributed by atoms with Gasteiger partial charge in [0.15, 0.2) is 0 Å². The van der Waals surface area contributed by atoms with Crippen LogP contribution in [0.5, 0.6) is 0 Å². The molecule has 1 heterocycles. The Bertz CT molecular complexity index is 851. The highest BCUT2D eigenvalue weighted by Crippen LogP contribution is 2.16. The third-order valence-corrected chi connectivity index (χ3v) is 6.27. The molecule has 0 aromatic heterocycles. The number of hydrogen-bond donors (Lipinski definition) is 1. The number of piperidine rings is 1. The highest BCUT2D eigenvalue weighted by atomic mass is 32.2. The molecule has 156 valence electrons. The van der Waals surface area contributed by atoms with Gasteiger partial charge in [-0.15, -0.1) is 0 Å². The van der Waals surface area contributed by atoms with Gasteiger partial charge in [0.2, 0.25) is 15.9 Å². The average Bonchev–Trinajstić information content (AvgIpc) is 2.69. The van der Waals surface area contributed by atoms with Crippen molar-refractivity contribution >= 4 is 15.9 Å². The summed E-state index contributed by atoms with van der Waals surface area (Å²) in [6.45, 7) is 1.86. The Morgan fingerprint density at radius 3 is 2.21 bits per heavy atom. The first-order valence-corrected chi connectivity index (χ1v) is 10.9. The summed E-state index contributed by atoms with van der Waals surface area (Å²) < 4.78 is 40.4.